The Kier molecular flexibility index (Phi) is 4.79. The Morgan fingerprint density at radius 2 is 1.77 bits per heavy atom. The zero-order valence-corrected chi connectivity index (χ0v) is 16.5. The maximum absolute atomic E-state index is 14.5. The van der Waals surface area contributed by atoms with E-state index in [2.05, 4.69) is 15.6 Å². The molecule has 4 aromatic rings. The smallest absolute Gasteiger partial charge is 0.288 e. The highest BCUT2D eigenvalue weighted by molar-refractivity contribution is 5.94. The Balaban J connectivity index is 1.43. The van der Waals surface area contributed by atoms with Gasteiger partial charge >= 0.3 is 0 Å². The third kappa shape index (κ3) is 3.49. The second kappa shape index (κ2) is 7.77. The Hall–Kier alpha value is -3.85. The van der Waals surface area contributed by atoms with Crippen LogP contribution < -0.4 is 10.9 Å². The van der Waals surface area contributed by atoms with Crippen molar-refractivity contribution >= 4 is 16.8 Å². The molecular formula is C22H19FN6O2. The Labute approximate surface area is 176 Å². The number of nitrogens with zero attached hydrogens (tertiary/aromatic N) is 5. The lowest BCUT2D eigenvalue weighted by Gasteiger charge is -2.27. The second-order valence-corrected chi connectivity index (χ2v) is 7.34. The van der Waals surface area contributed by atoms with E-state index in [-0.39, 0.29) is 27.5 Å². The summed E-state index contributed by atoms with van der Waals surface area (Å²) < 4.78 is 15.9. The number of fused-ring (bicyclic) bond motifs is 1. The fourth-order valence-corrected chi connectivity index (χ4v) is 3.72. The van der Waals surface area contributed by atoms with E-state index in [1.165, 1.54) is 4.68 Å². The van der Waals surface area contributed by atoms with E-state index >= 15 is 0 Å². The summed E-state index contributed by atoms with van der Waals surface area (Å²) >= 11 is 0. The van der Waals surface area contributed by atoms with Crippen LogP contribution in [0, 0.1) is 0 Å². The summed E-state index contributed by atoms with van der Waals surface area (Å²) in [6.07, 6.45) is 1.57. The van der Waals surface area contributed by atoms with Gasteiger partial charge in [0.2, 0.25) is 0 Å². The zero-order chi connectivity index (χ0) is 21.4. The van der Waals surface area contributed by atoms with E-state index in [0.29, 0.717) is 29.7 Å². The molecule has 3 heterocycles. The molecule has 1 aliphatic rings. The van der Waals surface area contributed by atoms with Gasteiger partial charge in [0.1, 0.15) is 5.69 Å². The molecule has 5 rings (SSSR count). The quantitative estimate of drug-likeness (QED) is 0.550. The van der Waals surface area contributed by atoms with E-state index in [1.54, 1.807) is 60.8 Å². The third-order valence-corrected chi connectivity index (χ3v) is 5.41. The van der Waals surface area contributed by atoms with Gasteiger partial charge in [-0.05, 0) is 36.4 Å². The maximum atomic E-state index is 14.5. The van der Waals surface area contributed by atoms with Gasteiger partial charge in [-0.2, -0.15) is 0 Å². The summed E-state index contributed by atoms with van der Waals surface area (Å²) in [5.41, 5.74) is 1.08. The molecule has 0 radical (unpaired) electrons. The SMILES string of the molecule is O=C(c1ccc(-n2cc(-c3cc4ccccc4n(F)c3=O)nn2)cc1)N1CCNCC1. The number of rotatable bonds is 3. The van der Waals surface area contributed by atoms with Gasteiger partial charge < -0.3 is 10.2 Å². The average Bonchev–Trinajstić information content (AvgIpc) is 3.32. The number of carbonyl (C=O) groups is 1. The number of nitrogens with one attached hydrogen (secondary N) is 1. The van der Waals surface area contributed by atoms with Crippen LogP contribution in [0.15, 0.2) is 65.6 Å². The van der Waals surface area contributed by atoms with E-state index in [1.807, 2.05) is 4.90 Å². The van der Waals surface area contributed by atoms with Crippen molar-refractivity contribution < 1.29 is 9.28 Å². The molecule has 0 saturated carbocycles. The van der Waals surface area contributed by atoms with Crippen LogP contribution in [0.1, 0.15) is 10.4 Å². The van der Waals surface area contributed by atoms with Gasteiger partial charge in [0.05, 0.1) is 23.0 Å². The van der Waals surface area contributed by atoms with Gasteiger partial charge in [-0.3, -0.25) is 9.59 Å². The third-order valence-electron chi connectivity index (χ3n) is 5.41. The standard InChI is InChI=1S/C22H19FN6O2/c23-29-20-4-2-1-3-16(20)13-18(22(29)31)19-14-28(26-25-19)17-7-5-15(6-8-17)21(30)27-11-9-24-10-12-27/h1-8,13-14,24H,9-12H2. The fourth-order valence-electron chi connectivity index (χ4n) is 3.72. The van der Waals surface area contributed by atoms with E-state index in [4.69, 9.17) is 0 Å². The number of hydrogen-bond acceptors (Lipinski definition) is 5. The first-order chi connectivity index (χ1) is 15.1. The monoisotopic (exact) mass is 418 g/mol. The summed E-state index contributed by atoms with van der Waals surface area (Å²) in [5, 5.41) is 11.9. The van der Waals surface area contributed by atoms with Crippen LogP contribution in [0.4, 0.5) is 4.48 Å². The lowest BCUT2D eigenvalue weighted by Crippen LogP contribution is -2.46. The fraction of sp³-hybridized carbons (Fsp3) is 0.182. The topological polar surface area (TPSA) is 85.0 Å². The van der Waals surface area contributed by atoms with Crippen molar-refractivity contribution in [3.05, 3.63) is 76.7 Å². The second-order valence-electron chi connectivity index (χ2n) is 7.34. The average molecular weight is 418 g/mol. The Morgan fingerprint density at radius 1 is 1.03 bits per heavy atom. The number of piperazine rings is 1. The molecule has 156 valence electrons. The first-order valence-corrected chi connectivity index (χ1v) is 9.96. The summed E-state index contributed by atoms with van der Waals surface area (Å²) in [4.78, 5) is 27.0. The summed E-state index contributed by atoms with van der Waals surface area (Å²) in [5.74, 6) is -0.00742. The molecule has 2 aromatic carbocycles. The number of hydrogen-bond donors (Lipinski definition) is 1. The van der Waals surface area contributed by atoms with Crippen molar-refractivity contribution in [1.82, 2.24) is 30.0 Å². The Bertz CT molecular complexity index is 1320. The van der Waals surface area contributed by atoms with Crippen molar-refractivity contribution in [2.45, 2.75) is 0 Å². The van der Waals surface area contributed by atoms with Crippen molar-refractivity contribution in [2.24, 2.45) is 0 Å². The summed E-state index contributed by atoms with van der Waals surface area (Å²) in [7, 11) is 0. The number of para-hydroxylation sites is 1. The van der Waals surface area contributed by atoms with E-state index < -0.39 is 5.56 Å². The van der Waals surface area contributed by atoms with Crippen LogP contribution in [0.2, 0.25) is 0 Å². The van der Waals surface area contributed by atoms with Crippen LogP contribution in [0.3, 0.4) is 0 Å². The number of pyridine rings is 1. The minimum atomic E-state index is -0.789. The molecular weight excluding hydrogens is 399 g/mol. The van der Waals surface area contributed by atoms with Gasteiger partial charge in [0.25, 0.3) is 11.5 Å². The van der Waals surface area contributed by atoms with E-state index in [0.717, 1.165) is 13.1 Å². The molecule has 1 saturated heterocycles. The highest BCUT2D eigenvalue weighted by Gasteiger charge is 2.18. The number of carbonyl (C=O) groups excluding carboxylic acids is 1. The molecule has 0 spiro atoms. The molecule has 1 aliphatic heterocycles. The molecule has 0 bridgehead atoms. The highest BCUT2D eigenvalue weighted by atomic mass is 19.2. The van der Waals surface area contributed by atoms with Gasteiger partial charge in [0.15, 0.2) is 0 Å². The van der Waals surface area contributed by atoms with Gasteiger partial charge in [-0.1, -0.05) is 27.9 Å². The number of aromatic nitrogens is 4. The zero-order valence-electron chi connectivity index (χ0n) is 16.5. The van der Waals surface area contributed by atoms with Crippen LogP contribution in [-0.4, -0.2) is 56.8 Å². The first-order valence-electron chi connectivity index (χ1n) is 9.96. The molecule has 1 fully saturated rings. The number of amides is 1. The lowest BCUT2D eigenvalue weighted by molar-refractivity contribution is 0.0736. The number of benzene rings is 2. The summed E-state index contributed by atoms with van der Waals surface area (Å²) in [6.45, 7) is 2.96. The van der Waals surface area contributed by atoms with E-state index in [9.17, 15) is 14.1 Å². The van der Waals surface area contributed by atoms with Gasteiger partial charge in [-0.15, -0.1) is 9.89 Å². The number of halogens is 1. The molecule has 1 N–H and O–H groups in total. The lowest BCUT2D eigenvalue weighted by atomic mass is 10.1. The molecule has 9 heteroatoms. The Morgan fingerprint density at radius 3 is 2.55 bits per heavy atom. The molecule has 2 aromatic heterocycles. The first kappa shape index (κ1) is 19.1. The predicted molar refractivity (Wildman–Crippen MR) is 114 cm³/mol. The van der Waals surface area contributed by atoms with Crippen LogP contribution in [0.25, 0.3) is 27.8 Å². The molecule has 0 atom stereocenters. The largest absolute Gasteiger partial charge is 0.336 e. The van der Waals surface area contributed by atoms with Gasteiger partial charge in [-0.25, -0.2) is 4.68 Å². The maximum Gasteiger partial charge on any atom is 0.288 e. The molecule has 0 unspecified atom stereocenters. The van der Waals surface area contributed by atoms with Crippen LogP contribution in [-0.2, 0) is 0 Å². The minimum absolute atomic E-state index is 0.00742. The van der Waals surface area contributed by atoms with Crippen LogP contribution >= 0.6 is 0 Å². The molecule has 31 heavy (non-hydrogen) atoms. The molecule has 8 nitrogen and oxygen atoms in total. The van der Waals surface area contributed by atoms with Crippen molar-refractivity contribution in [2.75, 3.05) is 26.2 Å². The van der Waals surface area contributed by atoms with Crippen molar-refractivity contribution in [1.29, 1.82) is 0 Å². The molecule has 0 aliphatic carbocycles. The summed E-state index contributed by atoms with van der Waals surface area (Å²) in [6, 6.07) is 15.3. The van der Waals surface area contributed by atoms with Crippen molar-refractivity contribution in [3.8, 4) is 16.9 Å². The van der Waals surface area contributed by atoms with Gasteiger partial charge in [0, 0.05) is 37.1 Å². The normalized spacial score (nSPS) is 14.2. The molecule has 1 amide bonds. The van der Waals surface area contributed by atoms with Crippen LogP contribution in [0.5, 0.6) is 0 Å². The predicted octanol–water partition coefficient (Wildman–Crippen LogP) is 2.03. The minimum Gasteiger partial charge on any atom is -0.336 e. The highest BCUT2D eigenvalue weighted by Crippen LogP contribution is 2.20. The van der Waals surface area contributed by atoms with Crippen molar-refractivity contribution in [3.63, 3.8) is 0 Å².